The molecule has 0 unspecified atom stereocenters. The molecule has 0 N–H and O–H groups in total. The van der Waals surface area contributed by atoms with Gasteiger partial charge in [-0.25, -0.2) is 0 Å². The lowest BCUT2D eigenvalue weighted by Gasteiger charge is -2.17. The Morgan fingerprint density at radius 3 is 2.09 bits per heavy atom. The highest BCUT2D eigenvalue weighted by Crippen LogP contribution is 2.23. The molecule has 0 saturated carbocycles. The van der Waals surface area contributed by atoms with Crippen LogP contribution in [0.3, 0.4) is 0 Å². The minimum atomic E-state index is -0.435. The zero-order valence-electron chi connectivity index (χ0n) is 6.41. The monoisotopic (exact) mass is 154 g/mol. The molecule has 0 radical (unpaired) electrons. The fourth-order valence-electron chi connectivity index (χ4n) is 1.62. The Morgan fingerprint density at radius 2 is 1.64 bits per heavy atom. The van der Waals surface area contributed by atoms with Gasteiger partial charge >= 0.3 is 0 Å². The van der Waals surface area contributed by atoms with Crippen LogP contribution in [0.2, 0.25) is 0 Å². The Morgan fingerprint density at radius 1 is 1.18 bits per heavy atom. The van der Waals surface area contributed by atoms with Gasteiger partial charge in [-0.1, -0.05) is 0 Å². The molecular formula is C7H10N2O2. The second-order valence-electron chi connectivity index (χ2n) is 3.00. The van der Waals surface area contributed by atoms with Gasteiger partial charge in [0.25, 0.3) is 11.8 Å². The zero-order valence-corrected chi connectivity index (χ0v) is 6.41. The Kier molecular flexibility index (Phi) is 1.19. The lowest BCUT2D eigenvalue weighted by Crippen LogP contribution is -2.33. The van der Waals surface area contributed by atoms with Crippen LogP contribution < -0.4 is 0 Å². The lowest BCUT2D eigenvalue weighted by atomic mass is 10.1. The van der Waals surface area contributed by atoms with Gasteiger partial charge in [-0.15, -0.1) is 0 Å². The van der Waals surface area contributed by atoms with E-state index in [2.05, 4.69) is 0 Å². The van der Waals surface area contributed by atoms with Crippen LogP contribution in [-0.2, 0) is 9.59 Å². The summed E-state index contributed by atoms with van der Waals surface area (Å²) in [6.45, 7) is 3.10. The predicted octanol–water partition coefficient (Wildman–Crippen LogP) is -0.388. The maximum atomic E-state index is 11.3. The van der Waals surface area contributed by atoms with Crippen LogP contribution in [0.25, 0.3) is 0 Å². The quantitative estimate of drug-likeness (QED) is 0.446. The molecule has 2 fully saturated rings. The van der Waals surface area contributed by atoms with Gasteiger partial charge in [0.1, 0.15) is 5.92 Å². The average molecular weight is 154 g/mol. The second-order valence-corrected chi connectivity index (χ2v) is 3.00. The van der Waals surface area contributed by atoms with Crippen LogP contribution >= 0.6 is 0 Å². The minimum Gasteiger partial charge on any atom is -0.272 e. The maximum Gasteiger partial charge on any atom is 0.253 e. The van der Waals surface area contributed by atoms with Crippen LogP contribution in [-0.4, -0.2) is 34.9 Å². The Balaban J connectivity index is 2.30. The molecule has 0 aromatic heterocycles. The van der Waals surface area contributed by atoms with Crippen molar-refractivity contribution < 1.29 is 9.59 Å². The molecule has 2 aliphatic heterocycles. The third kappa shape index (κ3) is 0.692. The molecule has 2 saturated heterocycles. The van der Waals surface area contributed by atoms with Gasteiger partial charge in [0.2, 0.25) is 0 Å². The van der Waals surface area contributed by atoms with E-state index in [1.165, 1.54) is 0 Å². The van der Waals surface area contributed by atoms with Crippen molar-refractivity contribution in [2.24, 2.45) is 5.92 Å². The standard InChI is InChI=1S/C7H10N2O2/c1-5-6(10)8-3-2-4-9(8)7(5)11/h5H,2-4H2,1H3. The fourth-order valence-corrected chi connectivity index (χ4v) is 1.62. The van der Waals surface area contributed by atoms with Crippen molar-refractivity contribution in [3.8, 4) is 0 Å². The summed E-state index contributed by atoms with van der Waals surface area (Å²) in [4.78, 5) is 22.5. The first-order valence-electron chi connectivity index (χ1n) is 3.84. The van der Waals surface area contributed by atoms with E-state index < -0.39 is 5.92 Å². The van der Waals surface area contributed by atoms with Crippen LogP contribution in [0.15, 0.2) is 0 Å². The summed E-state index contributed by atoms with van der Waals surface area (Å²) in [5.41, 5.74) is 0. The van der Waals surface area contributed by atoms with Crippen molar-refractivity contribution >= 4 is 11.8 Å². The number of hydrogen-bond donors (Lipinski definition) is 0. The molecule has 0 atom stereocenters. The normalized spacial score (nSPS) is 25.2. The van der Waals surface area contributed by atoms with E-state index in [4.69, 9.17) is 0 Å². The van der Waals surface area contributed by atoms with Crippen molar-refractivity contribution in [1.29, 1.82) is 0 Å². The van der Waals surface area contributed by atoms with Gasteiger partial charge in [-0.3, -0.25) is 19.6 Å². The van der Waals surface area contributed by atoms with Crippen LogP contribution in [0.4, 0.5) is 0 Å². The first kappa shape index (κ1) is 6.64. The number of carbonyl (C=O) groups is 2. The highest BCUT2D eigenvalue weighted by atomic mass is 16.2. The molecule has 2 heterocycles. The van der Waals surface area contributed by atoms with E-state index in [0.29, 0.717) is 0 Å². The van der Waals surface area contributed by atoms with Crippen LogP contribution in [0, 0.1) is 5.92 Å². The molecule has 2 amide bonds. The molecule has 0 bridgehead atoms. The average Bonchev–Trinajstić information content (AvgIpc) is 2.53. The zero-order chi connectivity index (χ0) is 8.01. The number of fused-ring (bicyclic) bond motifs is 1. The van der Waals surface area contributed by atoms with Gasteiger partial charge in [0, 0.05) is 13.1 Å². The van der Waals surface area contributed by atoms with Gasteiger partial charge in [0.05, 0.1) is 0 Å². The summed E-state index contributed by atoms with van der Waals surface area (Å²) >= 11 is 0. The molecular weight excluding hydrogens is 144 g/mol. The van der Waals surface area contributed by atoms with Crippen molar-refractivity contribution in [3.05, 3.63) is 0 Å². The van der Waals surface area contributed by atoms with Crippen LogP contribution in [0.5, 0.6) is 0 Å². The second kappa shape index (κ2) is 1.96. The van der Waals surface area contributed by atoms with E-state index in [0.717, 1.165) is 19.5 Å². The summed E-state index contributed by atoms with van der Waals surface area (Å²) in [5, 5.41) is 3.12. The lowest BCUT2D eigenvalue weighted by molar-refractivity contribution is -0.141. The Labute approximate surface area is 64.7 Å². The fraction of sp³-hybridized carbons (Fsp3) is 0.714. The molecule has 0 aromatic carbocycles. The number of carbonyl (C=O) groups excluding carboxylic acids is 2. The number of amides is 2. The first-order valence-corrected chi connectivity index (χ1v) is 3.84. The largest absolute Gasteiger partial charge is 0.272 e. The molecule has 2 rings (SSSR count). The highest BCUT2D eigenvalue weighted by Gasteiger charge is 2.44. The Hall–Kier alpha value is -1.06. The molecule has 2 aliphatic rings. The SMILES string of the molecule is CC1C(=O)N2CCCN2C1=O. The number of rotatable bonds is 0. The van der Waals surface area contributed by atoms with Gasteiger partial charge in [-0.2, -0.15) is 0 Å². The molecule has 0 aromatic rings. The third-order valence-electron chi connectivity index (χ3n) is 2.28. The molecule has 4 heteroatoms. The van der Waals surface area contributed by atoms with Crippen molar-refractivity contribution in [3.63, 3.8) is 0 Å². The topological polar surface area (TPSA) is 40.6 Å². The summed E-state index contributed by atoms with van der Waals surface area (Å²) in [5.74, 6) is -0.504. The Bertz CT molecular complexity index is 204. The van der Waals surface area contributed by atoms with E-state index >= 15 is 0 Å². The van der Waals surface area contributed by atoms with Gasteiger partial charge in [-0.05, 0) is 13.3 Å². The van der Waals surface area contributed by atoms with Crippen molar-refractivity contribution in [2.75, 3.05) is 13.1 Å². The molecule has 60 valence electrons. The van der Waals surface area contributed by atoms with Gasteiger partial charge in [0.15, 0.2) is 0 Å². The summed E-state index contributed by atoms with van der Waals surface area (Å²) < 4.78 is 0. The molecule has 0 spiro atoms. The molecule has 11 heavy (non-hydrogen) atoms. The van der Waals surface area contributed by atoms with E-state index in [-0.39, 0.29) is 11.8 Å². The predicted molar refractivity (Wildman–Crippen MR) is 37.2 cm³/mol. The first-order chi connectivity index (χ1) is 5.22. The summed E-state index contributed by atoms with van der Waals surface area (Å²) in [6, 6.07) is 0. The maximum absolute atomic E-state index is 11.3. The summed E-state index contributed by atoms with van der Waals surface area (Å²) in [7, 11) is 0. The third-order valence-corrected chi connectivity index (χ3v) is 2.28. The van der Waals surface area contributed by atoms with Gasteiger partial charge < -0.3 is 0 Å². The number of nitrogens with zero attached hydrogens (tertiary/aromatic N) is 2. The van der Waals surface area contributed by atoms with E-state index in [9.17, 15) is 9.59 Å². The molecule has 4 nitrogen and oxygen atoms in total. The number of hydrazine groups is 1. The van der Waals surface area contributed by atoms with Crippen molar-refractivity contribution in [2.45, 2.75) is 13.3 Å². The van der Waals surface area contributed by atoms with Crippen LogP contribution in [0.1, 0.15) is 13.3 Å². The molecule has 0 aliphatic carbocycles. The van der Waals surface area contributed by atoms with Crippen molar-refractivity contribution in [1.82, 2.24) is 10.0 Å². The minimum absolute atomic E-state index is 0.0347. The summed E-state index contributed by atoms with van der Waals surface area (Å²) in [6.07, 6.45) is 0.921. The van der Waals surface area contributed by atoms with E-state index in [1.807, 2.05) is 0 Å². The highest BCUT2D eigenvalue weighted by molar-refractivity contribution is 6.05. The smallest absolute Gasteiger partial charge is 0.253 e. The number of hydrogen-bond acceptors (Lipinski definition) is 2. The van der Waals surface area contributed by atoms with E-state index in [1.54, 1.807) is 16.9 Å².